The molecule has 0 spiro atoms. The number of Topliss-reactive ketones (excluding diaryl/α,β-unsaturated/α-hetero) is 1. The molecule has 21 heavy (non-hydrogen) atoms. The summed E-state index contributed by atoms with van der Waals surface area (Å²) in [6.07, 6.45) is 6.49. The summed E-state index contributed by atoms with van der Waals surface area (Å²) < 4.78 is 5.95. The van der Waals surface area contributed by atoms with Crippen LogP contribution in [-0.2, 0) is 0 Å². The monoisotopic (exact) mass is 289 g/mol. The minimum absolute atomic E-state index is 0.202. The SMILES string of the molecule is CCCCOc1ccc(C(=O)CC)cc1N1CCCCC1. The van der Waals surface area contributed by atoms with E-state index in [9.17, 15) is 4.79 Å². The quantitative estimate of drug-likeness (QED) is 0.548. The highest BCUT2D eigenvalue weighted by atomic mass is 16.5. The fourth-order valence-corrected chi connectivity index (χ4v) is 2.73. The average Bonchev–Trinajstić information content (AvgIpc) is 2.55. The first-order valence-corrected chi connectivity index (χ1v) is 8.31. The Bertz CT molecular complexity index is 464. The van der Waals surface area contributed by atoms with Crippen molar-refractivity contribution >= 4 is 11.5 Å². The molecule has 0 N–H and O–H groups in total. The van der Waals surface area contributed by atoms with Crippen LogP contribution >= 0.6 is 0 Å². The second-order valence-corrected chi connectivity index (χ2v) is 5.71. The molecule has 1 saturated heterocycles. The van der Waals surface area contributed by atoms with E-state index >= 15 is 0 Å². The lowest BCUT2D eigenvalue weighted by atomic mass is 10.0. The number of anilines is 1. The lowest BCUT2D eigenvalue weighted by Crippen LogP contribution is -2.30. The summed E-state index contributed by atoms with van der Waals surface area (Å²) in [7, 11) is 0. The number of hydrogen-bond donors (Lipinski definition) is 0. The zero-order chi connectivity index (χ0) is 15.1. The summed E-state index contributed by atoms with van der Waals surface area (Å²) in [4.78, 5) is 14.3. The van der Waals surface area contributed by atoms with Crippen molar-refractivity contribution in [3.8, 4) is 5.75 Å². The fourth-order valence-electron chi connectivity index (χ4n) is 2.73. The third-order valence-corrected chi connectivity index (χ3v) is 4.05. The van der Waals surface area contributed by atoms with Gasteiger partial charge in [-0.2, -0.15) is 0 Å². The van der Waals surface area contributed by atoms with Crippen molar-refractivity contribution in [2.45, 2.75) is 52.4 Å². The Labute approximate surface area is 128 Å². The number of carbonyl (C=O) groups excluding carboxylic acids is 1. The predicted molar refractivity (Wildman–Crippen MR) is 87.5 cm³/mol. The van der Waals surface area contributed by atoms with Crippen LogP contribution in [0.3, 0.4) is 0 Å². The lowest BCUT2D eigenvalue weighted by Gasteiger charge is -2.30. The predicted octanol–water partition coefficient (Wildman–Crippen LogP) is 4.45. The van der Waals surface area contributed by atoms with Crippen molar-refractivity contribution in [2.24, 2.45) is 0 Å². The van der Waals surface area contributed by atoms with Gasteiger partial charge in [0.1, 0.15) is 5.75 Å². The van der Waals surface area contributed by atoms with Gasteiger partial charge in [-0.05, 0) is 43.9 Å². The summed E-state index contributed by atoms with van der Waals surface area (Å²) in [5, 5.41) is 0. The fraction of sp³-hybridized carbons (Fsp3) is 0.611. The van der Waals surface area contributed by atoms with Crippen LogP contribution < -0.4 is 9.64 Å². The van der Waals surface area contributed by atoms with E-state index in [1.54, 1.807) is 0 Å². The van der Waals surface area contributed by atoms with Crippen LogP contribution in [0.15, 0.2) is 18.2 Å². The molecular formula is C18H27NO2. The molecule has 3 heteroatoms. The summed E-state index contributed by atoms with van der Waals surface area (Å²) in [5.74, 6) is 1.13. The molecule has 0 bridgehead atoms. The van der Waals surface area contributed by atoms with Crippen molar-refractivity contribution in [1.29, 1.82) is 0 Å². The van der Waals surface area contributed by atoms with Gasteiger partial charge in [-0.1, -0.05) is 20.3 Å². The van der Waals surface area contributed by atoms with Crippen molar-refractivity contribution in [3.05, 3.63) is 23.8 Å². The zero-order valence-corrected chi connectivity index (χ0v) is 13.4. The molecule has 0 aliphatic carbocycles. The highest BCUT2D eigenvalue weighted by Gasteiger charge is 2.17. The first-order valence-electron chi connectivity index (χ1n) is 8.31. The van der Waals surface area contributed by atoms with Gasteiger partial charge in [-0.15, -0.1) is 0 Å². The second kappa shape index (κ2) is 8.06. The number of unbranched alkanes of at least 4 members (excludes halogenated alkanes) is 1. The smallest absolute Gasteiger partial charge is 0.162 e. The van der Waals surface area contributed by atoms with Gasteiger partial charge in [-0.25, -0.2) is 0 Å². The Morgan fingerprint density at radius 3 is 2.62 bits per heavy atom. The topological polar surface area (TPSA) is 29.5 Å². The highest BCUT2D eigenvalue weighted by Crippen LogP contribution is 2.32. The standard InChI is InChI=1S/C18H27NO2/c1-3-5-13-21-18-10-9-15(17(20)4-2)14-16(18)19-11-7-6-8-12-19/h9-10,14H,3-8,11-13H2,1-2H3. The molecule has 0 amide bonds. The molecule has 0 saturated carbocycles. The largest absolute Gasteiger partial charge is 0.491 e. The number of hydrogen-bond acceptors (Lipinski definition) is 3. The highest BCUT2D eigenvalue weighted by molar-refractivity contribution is 5.97. The molecule has 0 atom stereocenters. The van der Waals surface area contributed by atoms with Crippen molar-refractivity contribution in [1.82, 2.24) is 0 Å². The van der Waals surface area contributed by atoms with E-state index < -0.39 is 0 Å². The van der Waals surface area contributed by atoms with E-state index in [1.165, 1.54) is 19.3 Å². The second-order valence-electron chi connectivity index (χ2n) is 5.71. The summed E-state index contributed by atoms with van der Waals surface area (Å²) in [6.45, 7) is 6.95. The molecule has 1 aromatic carbocycles. The van der Waals surface area contributed by atoms with Crippen LogP contribution in [0.5, 0.6) is 5.75 Å². The Morgan fingerprint density at radius 1 is 1.19 bits per heavy atom. The Kier molecular flexibility index (Phi) is 6.09. The first kappa shape index (κ1) is 15.9. The molecule has 1 fully saturated rings. The molecule has 2 rings (SSSR count). The number of carbonyl (C=O) groups is 1. The first-order chi connectivity index (χ1) is 10.3. The molecule has 116 valence electrons. The van der Waals surface area contributed by atoms with Crippen molar-refractivity contribution in [3.63, 3.8) is 0 Å². The summed E-state index contributed by atoms with van der Waals surface area (Å²) in [5.41, 5.74) is 1.91. The number of nitrogens with zero attached hydrogens (tertiary/aromatic N) is 1. The molecule has 0 radical (unpaired) electrons. The molecular weight excluding hydrogens is 262 g/mol. The van der Waals surface area contributed by atoms with Gasteiger partial charge in [0.25, 0.3) is 0 Å². The summed E-state index contributed by atoms with van der Waals surface area (Å²) >= 11 is 0. The maximum atomic E-state index is 12.0. The summed E-state index contributed by atoms with van der Waals surface area (Å²) in [6, 6.07) is 5.90. The third kappa shape index (κ3) is 4.23. The lowest BCUT2D eigenvalue weighted by molar-refractivity contribution is 0.0988. The van der Waals surface area contributed by atoms with Gasteiger partial charge in [-0.3, -0.25) is 4.79 Å². The molecule has 1 aromatic rings. The Hall–Kier alpha value is -1.51. The van der Waals surface area contributed by atoms with Crippen LogP contribution in [0.25, 0.3) is 0 Å². The third-order valence-electron chi connectivity index (χ3n) is 4.05. The molecule has 0 aromatic heterocycles. The van der Waals surface area contributed by atoms with Crippen molar-refractivity contribution < 1.29 is 9.53 Å². The van der Waals surface area contributed by atoms with Gasteiger partial charge in [0.2, 0.25) is 0 Å². The zero-order valence-electron chi connectivity index (χ0n) is 13.4. The number of piperidine rings is 1. The molecule has 1 aliphatic heterocycles. The molecule has 1 aliphatic rings. The van der Waals surface area contributed by atoms with Gasteiger partial charge < -0.3 is 9.64 Å². The molecule has 1 heterocycles. The van der Waals surface area contributed by atoms with Crippen molar-refractivity contribution in [2.75, 3.05) is 24.6 Å². The Balaban J connectivity index is 2.23. The van der Waals surface area contributed by atoms with E-state index in [0.29, 0.717) is 6.42 Å². The van der Waals surface area contributed by atoms with E-state index in [2.05, 4.69) is 11.8 Å². The van der Waals surface area contributed by atoms with Crippen LogP contribution in [0.2, 0.25) is 0 Å². The number of rotatable bonds is 7. The maximum absolute atomic E-state index is 12.0. The molecule has 0 unspecified atom stereocenters. The maximum Gasteiger partial charge on any atom is 0.162 e. The molecule has 3 nitrogen and oxygen atoms in total. The van der Waals surface area contributed by atoms with E-state index in [1.807, 2.05) is 25.1 Å². The number of ketones is 1. The minimum atomic E-state index is 0.202. The van der Waals surface area contributed by atoms with Crippen LogP contribution in [0.1, 0.15) is 62.7 Å². The number of benzene rings is 1. The van der Waals surface area contributed by atoms with E-state index in [-0.39, 0.29) is 5.78 Å². The van der Waals surface area contributed by atoms with Gasteiger partial charge in [0.15, 0.2) is 5.78 Å². The Morgan fingerprint density at radius 2 is 1.95 bits per heavy atom. The van der Waals surface area contributed by atoms with Gasteiger partial charge >= 0.3 is 0 Å². The van der Waals surface area contributed by atoms with Crippen LogP contribution in [-0.4, -0.2) is 25.5 Å². The average molecular weight is 289 g/mol. The van der Waals surface area contributed by atoms with Gasteiger partial charge in [0.05, 0.1) is 12.3 Å². The van der Waals surface area contributed by atoms with E-state index in [0.717, 1.165) is 49.5 Å². The van der Waals surface area contributed by atoms with E-state index in [4.69, 9.17) is 4.74 Å². The normalized spacial score (nSPS) is 15.0. The van der Waals surface area contributed by atoms with Crippen LogP contribution in [0.4, 0.5) is 5.69 Å². The minimum Gasteiger partial charge on any atom is -0.491 e. The van der Waals surface area contributed by atoms with Crippen LogP contribution in [0, 0.1) is 0 Å². The number of ether oxygens (including phenoxy) is 1. The van der Waals surface area contributed by atoms with Gasteiger partial charge in [0, 0.05) is 25.1 Å².